The van der Waals surface area contributed by atoms with Gasteiger partial charge in [0.15, 0.2) is 5.82 Å². The third kappa shape index (κ3) is 4.77. The van der Waals surface area contributed by atoms with E-state index in [4.69, 9.17) is 5.10 Å². The van der Waals surface area contributed by atoms with Crippen LogP contribution in [0.3, 0.4) is 0 Å². The number of amides is 1. The van der Waals surface area contributed by atoms with Crippen molar-refractivity contribution >= 4 is 23.2 Å². The second kappa shape index (κ2) is 10.6. The van der Waals surface area contributed by atoms with E-state index in [1.165, 1.54) is 24.0 Å². The number of hydrogen-bond donors (Lipinski definition) is 0. The van der Waals surface area contributed by atoms with Gasteiger partial charge in [-0.15, -0.1) is 0 Å². The number of piperidine rings is 1. The monoisotopic (exact) mass is 532 g/mol. The zero-order chi connectivity index (χ0) is 27.0. The minimum Gasteiger partial charge on any atom is -0.341 e. The molecule has 4 aromatic rings. The molecule has 38 heavy (non-hydrogen) atoms. The molecule has 0 aliphatic carbocycles. The zero-order valence-corrected chi connectivity index (χ0v) is 22.6. The van der Waals surface area contributed by atoms with Crippen molar-refractivity contribution in [2.45, 2.75) is 48.7 Å². The second-order valence-electron chi connectivity index (χ2n) is 9.73. The minimum absolute atomic E-state index is 0.144. The highest BCUT2D eigenvalue weighted by Gasteiger charge is 2.29. The van der Waals surface area contributed by atoms with E-state index in [2.05, 4.69) is 16.2 Å². The van der Waals surface area contributed by atoms with E-state index in [9.17, 15) is 14.4 Å². The summed E-state index contributed by atoms with van der Waals surface area (Å²) < 4.78 is 18.1. The maximum Gasteiger partial charge on any atom is 0.239 e. The fraction of sp³-hybridized carbons (Fsp3) is 0.370. The summed E-state index contributed by atoms with van der Waals surface area (Å²) in [4.78, 5) is 21.5. The first-order chi connectivity index (χ1) is 18.3. The van der Waals surface area contributed by atoms with Crippen LogP contribution in [0.4, 0.5) is 4.39 Å². The highest BCUT2D eigenvalue weighted by atomic mass is 32.2. The van der Waals surface area contributed by atoms with Crippen molar-refractivity contribution in [1.82, 2.24) is 34.2 Å². The number of nitriles is 1. The summed E-state index contributed by atoms with van der Waals surface area (Å²) in [6, 6.07) is 7.08. The van der Waals surface area contributed by atoms with E-state index in [0.717, 1.165) is 29.7 Å². The molecule has 1 fully saturated rings. The molecular formula is C27H29FN8OS. The van der Waals surface area contributed by atoms with Gasteiger partial charge in [-0.2, -0.15) is 15.5 Å². The number of halogens is 1. The SMILES string of the molecule is Cc1c(-c2cc(Sc3ncccc3F)c3c(C#N)cnn3c2)cnn1C1CCN(C(=O)[C@@H](C)N(C)C)CC1. The van der Waals surface area contributed by atoms with Gasteiger partial charge in [-0.1, -0.05) is 11.8 Å². The molecule has 9 nitrogen and oxygen atoms in total. The predicted octanol–water partition coefficient (Wildman–Crippen LogP) is 4.18. The van der Waals surface area contributed by atoms with E-state index in [1.807, 2.05) is 60.9 Å². The van der Waals surface area contributed by atoms with Crippen LogP contribution in [0.2, 0.25) is 0 Å². The highest BCUT2D eigenvalue weighted by Crippen LogP contribution is 2.37. The Morgan fingerprint density at radius 3 is 2.71 bits per heavy atom. The molecule has 0 N–H and O–H groups in total. The summed E-state index contributed by atoms with van der Waals surface area (Å²) in [5.74, 6) is -0.266. The number of aromatic nitrogens is 5. The largest absolute Gasteiger partial charge is 0.341 e. The average Bonchev–Trinajstić information content (AvgIpc) is 3.52. The van der Waals surface area contributed by atoms with Crippen molar-refractivity contribution in [2.75, 3.05) is 27.2 Å². The second-order valence-corrected chi connectivity index (χ2v) is 10.8. The van der Waals surface area contributed by atoms with Gasteiger partial charge in [0, 0.05) is 47.2 Å². The Hall–Kier alpha value is -3.75. The molecule has 1 atom stereocenters. The summed E-state index contributed by atoms with van der Waals surface area (Å²) >= 11 is 1.17. The van der Waals surface area contributed by atoms with Crippen molar-refractivity contribution in [3.05, 3.63) is 60.1 Å². The van der Waals surface area contributed by atoms with Crippen LogP contribution >= 0.6 is 11.8 Å². The molecule has 0 spiro atoms. The van der Waals surface area contributed by atoms with Gasteiger partial charge in [0.1, 0.15) is 11.1 Å². The lowest BCUT2D eigenvalue weighted by molar-refractivity contribution is -0.136. The van der Waals surface area contributed by atoms with Crippen LogP contribution in [0, 0.1) is 24.1 Å². The summed E-state index contributed by atoms with van der Waals surface area (Å²) in [6.45, 7) is 5.36. The summed E-state index contributed by atoms with van der Waals surface area (Å²) in [6.07, 6.45) is 8.43. The Morgan fingerprint density at radius 2 is 2.03 bits per heavy atom. The number of likely N-dealkylation sites (tertiary alicyclic amines) is 1. The van der Waals surface area contributed by atoms with Gasteiger partial charge < -0.3 is 4.90 Å². The minimum atomic E-state index is -0.423. The summed E-state index contributed by atoms with van der Waals surface area (Å²) in [5.41, 5.74) is 3.82. The van der Waals surface area contributed by atoms with Gasteiger partial charge in [0.05, 0.1) is 35.6 Å². The molecule has 5 rings (SSSR count). The van der Waals surface area contributed by atoms with Crippen LogP contribution in [0.5, 0.6) is 0 Å². The van der Waals surface area contributed by atoms with Gasteiger partial charge in [-0.3, -0.25) is 14.4 Å². The molecule has 0 radical (unpaired) electrons. The van der Waals surface area contributed by atoms with Gasteiger partial charge >= 0.3 is 0 Å². The Labute approximate surface area is 224 Å². The van der Waals surface area contributed by atoms with Gasteiger partial charge in [-0.05, 0) is 59.0 Å². The lowest BCUT2D eigenvalue weighted by Crippen LogP contribution is -2.47. The zero-order valence-electron chi connectivity index (χ0n) is 21.8. The number of pyridine rings is 2. The molecule has 0 unspecified atom stereocenters. The van der Waals surface area contributed by atoms with Crippen LogP contribution in [0.25, 0.3) is 16.6 Å². The standard InChI is InChI=1S/C27H29FN8OS/c1-17-22(15-32-36(17)21-7-10-34(11-8-21)27(37)18(2)33(3)4)19-12-24(38-26-23(28)6-5-9-30-26)25-20(13-29)14-31-35(25)16-19/h5-6,9,12,14-16,18,21H,7-8,10-11H2,1-4H3/t18-/m1/s1. The van der Waals surface area contributed by atoms with E-state index >= 15 is 0 Å². The topological polar surface area (TPSA) is 95.4 Å². The lowest BCUT2D eigenvalue weighted by atomic mass is 10.0. The number of carbonyl (C=O) groups excluding carboxylic acids is 1. The molecule has 196 valence electrons. The number of fused-ring (bicyclic) bond motifs is 1. The molecule has 0 aromatic carbocycles. The first kappa shape index (κ1) is 25.9. The summed E-state index contributed by atoms with van der Waals surface area (Å²) in [5, 5.41) is 18.9. The first-order valence-electron chi connectivity index (χ1n) is 12.5. The molecule has 5 heterocycles. The number of rotatable bonds is 6. The van der Waals surface area contributed by atoms with Crippen molar-refractivity contribution in [2.24, 2.45) is 0 Å². The van der Waals surface area contributed by atoms with Crippen LogP contribution in [-0.2, 0) is 4.79 Å². The van der Waals surface area contributed by atoms with Crippen molar-refractivity contribution in [3.63, 3.8) is 0 Å². The average molecular weight is 533 g/mol. The highest BCUT2D eigenvalue weighted by molar-refractivity contribution is 7.99. The van der Waals surface area contributed by atoms with Gasteiger partial charge in [-0.25, -0.2) is 13.9 Å². The quantitative estimate of drug-likeness (QED) is 0.368. The molecule has 4 aromatic heterocycles. The smallest absolute Gasteiger partial charge is 0.239 e. The molecule has 1 saturated heterocycles. The normalized spacial score (nSPS) is 15.2. The Morgan fingerprint density at radius 1 is 1.26 bits per heavy atom. The fourth-order valence-corrected chi connectivity index (χ4v) is 5.81. The molecule has 1 aliphatic rings. The van der Waals surface area contributed by atoms with Gasteiger partial charge in [0.25, 0.3) is 0 Å². The third-order valence-electron chi connectivity index (χ3n) is 7.24. The number of carbonyl (C=O) groups is 1. The molecule has 0 bridgehead atoms. The third-order valence-corrected chi connectivity index (χ3v) is 8.26. The van der Waals surface area contributed by atoms with Crippen LogP contribution in [-0.4, -0.2) is 73.3 Å². The number of nitrogens with zero attached hydrogens (tertiary/aromatic N) is 8. The Kier molecular flexibility index (Phi) is 7.19. The van der Waals surface area contributed by atoms with E-state index in [-0.39, 0.29) is 23.0 Å². The molecule has 11 heteroatoms. The number of hydrogen-bond acceptors (Lipinski definition) is 7. The maximum atomic E-state index is 14.4. The van der Waals surface area contributed by atoms with Gasteiger partial charge in [0.2, 0.25) is 5.91 Å². The fourth-order valence-electron chi connectivity index (χ4n) is 4.83. The van der Waals surface area contributed by atoms with Crippen LogP contribution < -0.4 is 0 Å². The van der Waals surface area contributed by atoms with Crippen molar-refractivity contribution in [3.8, 4) is 17.2 Å². The van der Waals surface area contributed by atoms with Crippen molar-refractivity contribution in [1.29, 1.82) is 5.26 Å². The maximum absolute atomic E-state index is 14.4. The van der Waals surface area contributed by atoms with E-state index in [0.29, 0.717) is 29.1 Å². The first-order valence-corrected chi connectivity index (χ1v) is 13.3. The Bertz CT molecular complexity index is 1530. The Balaban J connectivity index is 1.44. The molecular weight excluding hydrogens is 503 g/mol. The van der Waals surface area contributed by atoms with E-state index in [1.54, 1.807) is 16.8 Å². The molecule has 1 aliphatic heterocycles. The van der Waals surface area contributed by atoms with Crippen LogP contribution in [0.15, 0.2) is 52.9 Å². The van der Waals surface area contributed by atoms with E-state index < -0.39 is 5.82 Å². The lowest BCUT2D eigenvalue weighted by Gasteiger charge is -2.35. The molecule has 1 amide bonds. The number of likely N-dealkylation sites (N-methyl/N-ethyl adjacent to an activating group) is 1. The molecule has 0 saturated carbocycles. The predicted molar refractivity (Wildman–Crippen MR) is 142 cm³/mol. The van der Waals surface area contributed by atoms with Crippen LogP contribution in [0.1, 0.15) is 37.1 Å². The summed E-state index contributed by atoms with van der Waals surface area (Å²) in [7, 11) is 3.84. The van der Waals surface area contributed by atoms with Crippen molar-refractivity contribution < 1.29 is 9.18 Å².